The Morgan fingerprint density at radius 3 is 2.52 bits per heavy atom. The highest BCUT2D eigenvalue weighted by atomic mass is 16.5. The van der Waals surface area contributed by atoms with Gasteiger partial charge in [0.1, 0.15) is 0 Å². The highest BCUT2D eigenvalue weighted by Gasteiger charge is 2.62. The third-order valence-electron chi connectivity index (χ3n) is 12.2. The highest BCUT2D eigenvalue weighted by Crippen LogP contribution is 2.67. The standard InChI is InChI=1S/C29H52N2O2/c1-6-7-12-30(5)25-18-24-22-9-8-21-17-27(32)26(31-13-15-33-16-14-31)19-29(21,4)23(22)10-11-28(24,3)20(25)2/h20-27,32H,6-19H2,1-5H3/t20-,21-,22?,23?,24?,25-,26-,27-,28+,29-/m0/s1. The molecule has 4 aliphatic carbocycles. The summed E-state index contributed by atoms with van der Waals surface area (Å²) in [6.45, 7) is 15.2. The largest absolute Gasteiger partial charge is 0.391 e. The Morgan fingerprint density at radius 2 is 1.79 bits per heavy atom. The predicted octanol–water partition coefficient (Wildman–Crippen LogP) is 5.05. The topological polar surface area (TPSA) is 35.9 Å². The van der Waals surface area contributed by atoms with Crippen molar-refractivity contribution in [3.05, 3.63) is 0 Å². The first-order valence-electron chi connectivity index (χ1n) is 14.5. The number of aliphatic hydroxyl groups is 1. The van der Waals surface area contributed by atoms with E-state index in [1.807, 2.05) is 0 Å². The van der Waals surface area contributed by atoms with Gasteiger partial charge in [-0.15, -0.1) is 0 Å². The average molecular weight is 461 g/mol. The number of aliphatic hydroxyl groups excluding tert-OH is 1. The van der Waals surface area contributed by atoms with E-state index in [1.165, 1.54) is 57.9 Å². The van der Waals surface area contributed by atoms with Gasteiger partial charge in [0.2, 0.25) is 0 Å². The third kappa shape index (κ3) is 4.03. The number of ether oxygens (including phenoxy) is 1. The van der Waals surface area contributed by atoms with E-state index in [2.05, 4.69) is 44.5 Å². The Balaban J connectivity index is 1.36. The number of hydrogen-bond acceptors (Lipinski definition) is 4. The predicted molar refractivity (Wildman–Crippen MR) is 135 cm³/mol. The molecular formula is C29H52N2O2. The van der Waals surface area contributed by atoms with Gasteiger partial charge in [0, 0.05) is 25.2 Å². The molecule has 5 fully saturated rings. The van der Waals surface area contributed by atoms with E-state index in [-0.39, 0.29) is 6.10 Å². The normalized spacial score (nSPS) is 50.6. The molecule has 4 saturated carbocycles. The number of hydrogen-bond donors (Lipinski definition) is 1. The minimum Gasteiger partial charge on any atom is -0.391 e. The fourth-order valence-corrected chi connectivity index (χ4v) is 9.95. The van der Waals surface area contributed by atoms with Gasteiger partial charge < -0.3 is 14.7 Å². The summed E-state index contributed by atoms with van der Waals surface area (Å²) in [6.07, 6.45) is 11.8. The van der Waals surface area contributed by atoms with Crippen LogP contribution in [0.1, 0.15) is 85.5 Å². The van der Waals surface area contributed by atoms with E-state index in [1.54, 1.807) is 0 Å². The maximum Gasteiger partial charge on any atom is 0.0698 e. The molecule has 4 nitrogen and oxygen atoms in total. The average Bonchev–Trinajstić information content (AvgIpc) is 3.09. The summed E-state index contributed by atoms with van der Waals surface area (Å²) in [5.41, 5.74) is 0.926. The van der Waals surface area contributed by atoms with E-state index in [0.29, 0.717) is 16.9 Å². The first-order valence-corrected chi connectivity index (χ1v) is 14.5. The van der Waals surface area contributed by atoms with Crippen LogP contribution >= 0.6 is 0 Å². The van der Waals surface area contributed by atoms with Gasteiger partial charge in [0.05, 0.1) is 19.3 Å². The molecule has 0 radical (unpaired) electrons. The van der Waals surface area contributed by atoms with Crippen molar-refractivity contribution in [2.75, 3.05) is 39.9 Å². The zero-order valence-corrected chi connectivity index (χ0v) is 22.3. The van der Waals surface area contributed by atoms with Crippen molar-refractivity contribution in [2.24, 2.45) is 40.4 Å². The van der Waals surface area contributed by atoms with Crippen LogP contribution in [0.2, 0.25) is 0 Å². The molecule has 5 rings (SSSR count). The Hall–Kier alpha value is -0.160. The summed E-state index contributed by atoms with van der Waals surface area (Å²) in [5.74, 6) is 4.18. The van der Waals surface area contributed by atoms with Gasteiger partial charge in [-0.25, -0.2) is 0 Å². The van der Waals surface area contributed by atoms with Gasteiger partial charge in [0.15, 0.2) is 0 Å². The second kappa shape index (κ2) is 9.37. The molecule has 1 saturated heterocycles. The van der Waals surface area contributed by atoms with Gasteiger partial charge in [-0.1, -0.05) is 34.1 Å². The lowest BCUT2D eigenvalue weighted by molar-refractivity contribution is -0.153. The molecular weight excluding hydrogens is 408 g/mol. The molecule has 190 valence electrons. The van der Waals surface area contributed by atoms with Crippen LogP contribution in [0, 0.1) is 40.4 Å². The number of fused-ring (bicyclic) bond motifs is 5. The molecule has 0 amide bonds. The minimum atomic E-state index is -0.144. The number of unbranched alkanes of at least 4 members (excludes halogenated alkanes) is 1. The number of rotatable bonds is 5. The summed E-state index contributed by atoms with van der Waals surface area (Å²) >= 11 is 0. The van der Waals surface area contributed by atoms with Crippen molar-refractivity contribution in [3.63, 3.8) is 0 Å². The van der Waals surface area contributed by atoms with E-state index >= 15 is 0 Å². The van der Waals surface area contributed by atoms with E-state index in [0.717, 1.165) is 68.4 Å². The molecule has 0 aromatic carbocycles. The van der Waals surface area contributed by atoms with Crippen LogP contribution in [0.25, 0.3) is 0 Å². The quantitative estimate of drug-likeness (QED) is 0.623. The molecule has 0 aromatic heterocycles. The number of nitrogens with zero attached hydrogens (tertiary/aromatic N) is 2. The lowest BCUT2D eigenvalue weighted by Crippen LogP contribution is -2.60. The van der Waals surface area contributed by atoms with Crippen LogP contribution in [0.4, 0.5) is 0 Å². The Labute approximate surface area is 203 Å². The van der Waals surface area contributed by atoms with E-state index in [4.69, 9.17) is 4.74 Å². The number of morpholine rings is 1. The van der Waals surface area contributed by atoms with Crippen molar-refractivity contribution in [2.45, 2.75) is 104 Å². The molecule has 4 heteroatoms. The van der Waals surface area contributed by atoms with Crippen molar-refractivity contribution in [1.82, 2.24) is 9.80 Å². The summed E-state index contributed by atoms with van der Waals surface area (Å²) in [7, 11) is 2.41. The molecule has 5 aliphatic rings. The lowest BCUT2D eigenvalue weighted by atomic mass is 9.44. The Morgan fingerprint density at radius 1 is 1.03 bits per heavy atom. The van der Waals surface area contributed by atoms with Crippen molar-refractivity contribution in [1.29, 1.82) is 0 Å². The molecule has 1 heterocycles. The maximum atomic E-state index is 11.2. The second-order valence-electron chi connectivity index (χ2n) is 13.4. The minimum absolute atomic E-state index is 0.144. The van der Waals surface area contributed by atoms with Gasteiger partial charge >= 0.3 is 0 Å². The lowest BCUT2D eigenvalue weighted by Gasteiger charge is -2.62. The summed E-state index contributed by atoms with van der Waals surface area (Å²) < 4.78 is 5.64. The molecule has 0 bridgehead atoms. The molecule has 3 unspecified atom stereocenters. The molecule has 1 aliphatic heterocycles. The van der Waals surface area contributed by atoms with Crippen LogP contribution in [0.15, 0.2) is 0 Å². The van der Waals surface area contributed by atoms with Crippen molar-refractivity contribution in [3.8, 4) is 0 Å². The SMILES string of the molecule is CCCCN(C)[C@H]1CC2C3CC[C@H]4C[C@H](O)[C@@H](N5CCOCC5)C[C@]4(C)C3CC[C@]2(C)[C@H]1C. The first kappa shape index (κ1) is 24.5. The van der Waals surface area contributed by atoms with Gasteiger partial charge in [-0.05, 0) is 105 Å². The van der Waals surface area contributed by atoms with Crippen LogP contribution in [0.5, 0.6) is 0 Å². The van der Waals surface area contributed by atoms with Crippen LogP contribution in [0.3, 0.4) is 0 Å². The van der Waals surface area contributed by atoms with Gasteiger partial charge in [-0.2, -0.15) is 0 Å². The van der Waals surface area contributed by atoms with Gasteiger partial charge in [0.25, 0.3) is 0 Å². The molecule has 0 aromatic rings. The van der Waals surface area contributed by atoms with Crippen LogP contribution < -0.4 is 0 Å². The molecule has 0 spiro atoms. The summed E-state index contributed by atoms with van der Waals surface area (Å²) in [5, 5.41) is 11.2. The maximum absolute atomic E-state index is 11.2. The monoisotopic (exact) mass is 460 g/mol. The van der Waals surface area contributed by atoms with Crippen molar-refractivity contribution >= 4 is 0 Å². The molecule has 1 N–H and O–H groups in total. The Bertz CT molecular complexity index is 681. The summed E-state index contributed by atoms with van der Waals surface area (Å²) in [4.78, 5) is 5.30. The first-order chi connectivity index (χ1) is 15.8. The molecule has 33 heavy (non-hydrogen) atoms. The van der Waals surface area contributed by atoms with Crippen molar-refractivity contribution < 1.29 is 9.84 Å². The zero-order chi connectivity index (χ0) is 23.4. The van der Waals surface area contributed by atoms with Gasteiger partial charge in [-0.3, -0.25) is 4.90 Å². The highest BCUT2D eigenvalue weighted by molar-refractivity contribution is 5.13. The summed E-state index contributed by atoms with van der Waals surface area (Å²) in [6, 6.07) is 1.11. The Kier molecular flexibility index (Phi) is 6.97. The zero-order valence-electron chi connectivity index (χ0n) is 22.3. The third-order valence-corrected chi connectivity index (χ3v) is 12.2. The molecule has 10 atom stereocenters. The van der Waals surface area contributed by atoms with Crippen LogP contribution in [-0.4, -0.2) is 73.0 Å². The fourth-order valence-electron chi connectivity index (χ4n) is 9.95. The van der Waals surface area contributed by atoms with E-state index < -0.39 is 0 Å². The smallest absolute Gasteiger partial charge is 0.0698 e. The van der Waals surface area contributed by atoms with E-state index in [9.17, 15) is 5.11 Å². The fraction of sp³-hybridized carbons (Fsp3) is 1.00. The second-order valence-corrected chi connectivity index (χ2v) is 13.4. The van der Waals surface area contributed by atoms with Crippen LogP contribution in [-0.2, 0) is 4.74 Å².